The van der Waals surface area contributed by atoms with Gasteiger partial charge in [0.1, 0.15) is 0 Å². The van der Waals surface area contributed by atoms with E-state index in [0.29, 0.717) is 16.2 Å². The van der Waals surface area contributed by atoms with Gasteiger partial charge in [-0.15, -0.1) is 0 Å². The number of methoxy groups -OCH3 is 1. The molecule has 1 aliphatic rings. The molecule has 3 nitrogen and oxygen atoms in total. The fourth-order valence-electron chi connectivity index (χ4n) is 3.27. The number of aromatic amines is 1. The van der Waals surface area contributed by atoms with Crippen LogP contribution in [0.4, 0.5) is 4.39 Å². The summed E-state index contributed by atoms with van der Waals surface area (Å²) in [4.78, 5) is 3.11. The van der Waals surface area contributed by atoms with Crippen LogP contribution in [-0.4, -0.2) is 16.7 Å². The Hall–Kier alpha value is -1.36. The van der Waals surface area contributed by atoms with Crippen molar-refractivity contribution in [2.24, 2.45) is 5.41 Å². The van der Waals surface area contributed by atoms with Gasteiger partial charge in [-0.1, -0.05) is 13.8 Å². The van der Waals surface area contributed by atoms with Gasteiger partial charge in [-0.3, -0.25) is 0 Å². The summed E-state index contributed by atoms with van der Waals surface area (Å²) in [6.07, 6.45) is 3.38. The van der Waals surface area contributed by atoms with Crippen LogP contribution >= 0.6 is 12.2 Å². The van der Waals surface area contributed by atoms with Crippen LogP contribution in [0.25, 0.3) is 11.0 Å². The number of imidazole rings is 1. The molecule has 108 valence electrons. The van der Waals surface area contributed by atoms with Crippen molar-refractivity contribution in [2.75, 3.05) is 7.11 Å². The van der Waals surface area contributed by atoms with Crippen LogP contribution in [0, 0.1) is 16.0 Å². The first-order chi connectivity index (χ1) is 9.41. The molecule has 1 aliphatic carbocycles. The molecule has 5 heteroatoms. The van der Waals surface area contributed by atoms with Gasteiger partial charge in [0.25, 0.3) is 0 Å². The number of ether oxygens (including phenoxy) is 1. The van der Waals surface area contributed by atoms with Crippen LogP contribution in [0.5, 0.6) is 5.75 Å². The standard InChI is InChI=1S/C15H19FN2OS/c1-15(2)5-4-9(8-15)18-12-7-13(19-3)10(16)6-11(12)17-14(18)20/h6-7,9H,4-5,8H2,1-3H3,(H,17,20). The number of benzene rings is 1. The summed E-state index contributed by atoms with van der Waals surface area (Å²) in [6.45, 7) is 4.57. The summed E-state index contributed by atoms with van der Waals surface area (Å²) in [5, 5.41) is 0. The third-order valence-corrected chi connectivity index (χ3v) is 4.60. The minimum Gasteiger partial charge on any atom is -0.494 e. The molecule has 1 unspecified atom stereocenters. The van der Waals surface area contributed by atoms with E-state index in [0.717, 1.165) is 23.9 Å². The van der Waals surface area contributed by atoms with E-state index in [-0.39, 0.29) is 11.6 Å². The molecule has 0 spiro atoms. The predicted molar refractivity (Wildman–Crippen MR) is 80.3 cm³/mol. The monoisotopic (exact) mass is 294 g/mol. The number of rotatable bonds is 2. The first kappa shape index (κ1) is 13.6. The van der Waals surface area contributed by atoms with Crippen molar-refractivity contribution in [3.63, 3.8) is 0 Å². The van der Waals surface area contributed by atoms with Crippen LogP contribution in [0.2, 0.25) is 0 Å². The molecule has 2 aromatic rings. The lowest BCUT2D eigenvalue weighted by atomic mass is 9.92. The first-order valence-electron chi connectivity index (χ1n) is 6.89. The van der Waals surface area contributed by atoms with Crippen molar-refractivity contribution >= 4 is 23.3 Å². The highest BCUT2D eigenvalue weighted by Crippen LogP contribution is 2.44. The van der Waals surface area contributed by atoms with Crippen LogP contribution < -0.4 is 4.74 Å². The summed E-state index contributed by atoms with van der Waals surface area (Å²) in [6, 6.07) is 3.57. The molecule has 0 saturated heterocycles. The van der Waals surface area contributed by atoms with Crippen molar-refractivity contribution in [3.8, 4) is 5.75 Å². The molecule has 1 aromatic heterocycles. The highest BCUT2D eigenvalue weighted by atomic mass is 32.1. The summed E-state index contributed by atoms with van der Waals surface area (Å²) in [7, 11) is 1.48. The Morgan fingerprint density at radius 1 is 1.45 bits per heavy atom. The quantitative estimate of drug-likeness (QED) is 0.820. The molecular weight excluding hydrogens is 275 g/mol. The Labute approximate surface area is 122 Å². The number of nitrogens with one attached hydrogen (secondary N) is 1. The number of hydrogen-bond donors (Lipinski definition) is 1. The largest absolute Gasteiger partial charge is 0.494 e. The van der Waals surface area contributed by atoms with E-state index in [4.69, 9.17) is 17.0 Å². The lowest BCUT2D eigenvalue weighted by Crippen LogP contribution is -2.09. The molecule has 1 atom stereocenters. The van der Waals surface area contributed by atoms with E-state index < -0.39 is 0 Å². The van der Waals surface area contributed by atoms with Gasteiger partial charge in [0.05, 0.1) is 18.1 Å². The number of halogens is 1. The Morgan fingerprint density at radius 3 is 2.80 bits per heavy atom. The van der Waals surface area contributed by atoms with Crippen molar-refractivity contribution in [2.45, 2.75) is 39.2 Å². The normalized spacial score (nSPS) is 21.5. The number of fused-ring (bicyclic) bond motifs is 1. The third kappa shape index (κ3) is 2.14. The second-order valence-electron chi connectivity index (χ2n) is 6.36. The van der Waals surface area contributed by atoms with Crippen molar-refractivity contribution in [1.82, 2.24) is 9.55 Å². The van der Waals surface area contributed by atoms with Crippen molar-refractivity contribution in [1.29, 1.82) is 0 Å². The first-order valence-corrected chi connectivity index (χ1v) is 7.30. The Morgan fingerprint density at radius 2 is 2.20 bits per heavy atom. The molecule has 1 aromatic carbocycles. The Balaban J connectivity index is 2.16. The smallest absolute Gasteiger partial charge is 0.178 e. The molecule has 0 radical (unpaired) electrons. The lowest BCUT2D eigenvalue weighted by molar-refractivity contribution is 0.359. The molecule has 0 aliphatic heterocycles. The molecule has 1 fully saturated rings. The molecule has 1 heterocycles. The van der Waals surface area contributed by atoms with Crippen molar-refractivity contribution < 1.29 is 9.13 Å². The zero-order chi connectivity index (χ0) is 14.5. The second kappa shape index (κ2) is 4.58. The highest BCUT2D eigenvalue weighted by molar-refractivity contribution is 7.71. The fraction of sp³-hybridized carbons (Fsp3) is 0.533. The highest BCUT2D eigenvalue weighted by Gasteiger charge is 2.33. The molecule has 0 bridgehead atoms. The maximum atomic E-state index is 13.8. The third-order valence-electron chi connectivity index (χ3n) is 4.30. The number of nitrogens with zero attached hydrogens (tertiary/aromatic N) is 1. The number of H-pyrrole nitrogens is 1. The maximum Gasteiger partial charge on any atom is 0.178 e. The minimum atomic E-state index is -0.366. The topological polar surface area (TPSA) is 29.9 Å². The van der Waals surface area contributed by atoms with Gasteiger partial charge in [-0.05, 0) is 36.9 Å². The molecule has 20 heavy (non-hydrogen) atoms. The van der Waals surface area contributed by atoms with E-state index in [1.54, 1.807) is 6.07 Å². The zero-order valence-corrected chi connectivity index (χ0v) is 12.8. The number of hydrogen-bond acceptors (Lipinski definition) is 2. The van der Waals surface area contributed by atoms with Crippen LogP contribution in [-0.2, 0) is 0 Å². The van der Waals surface area contributed by atoms with Gasteiger partial charge in [0.15, 0.2) is 16.3 Å². The van der Waals surface area contributed by atoms with Gasteiger partial charge in [-0.2, -0.15) is 0 Å². The fourth-order valence-corrected chi connectivity index (χ4v) is 3.62. The lowest BCUT2D eigenvalue weighted by Gasteiger charge is -2.18. The van der Waals surface area contributed by atoms with E-state index in [2.05, 4.69) is 23.4 Å². The molecule has 3 rings (SSSR count). The average Bonchev–Trinajstić information content (AvgIpc) is 2.86. The molecular formula is C15H19FN2OS. The Bertz CT molecular complexity index is 716. The van der Waals surface area contributed by atoms with Crippen molar-refractivity contribution in [3.05, 3.63) is 22.7 Å². The summed E-state index contributed by atoms with van der Waals surface area (Å²) >= 11 is 5.43. The zero-order valence-electron chi connectivity index (χ0n) is 12.0. The maximum absolute atomic E-state index is 13.8. The van der Waals surface area contributed by atoms with E-state index in [9.17, 15) is 4.39 Å². The predicted octanol–water partition coefficient (Wildman–Crippen LogP) is 4.60. The van der Waals surface area contributed by atoms with Gasteiger partial charge in [0.2, 0.25) is 0 Å². The SMILES string of the molecule is COc1cc2c(cc1F)[nH]c(=S)n2C1CCC(C)(C)C1. The van der Waals surface area contributed by atoms with E-state index in [1.165, 1.54) is 19.6 Å². The van der Waals surface area contributed by atoms with Crippen LogP contribution in [0.15, 0.2) is 12.1 Å². The molecule has 1 saturated carbocycles. The summed E-state index contributed by atoms with van der Waals surface area (Å²) in [5.41, 5.74) is 2.00. The molecule has 1 N–H and O–H groups in total. The van der Waals surface area contributed by atoms with E-state index >= 15 is 0 Å². The van der Waals surface area contributed by atoms with Crippen LogP contribution in [0.3, 0.4) is 0 Å². The average molecular weight is 294 g/mol. The van der Waals surface area contributed by atoms with E-state index in [1.807, 2.05) is 0 Å². The van der Waals surface area contributed by atoms with Gasteiger partial charge < -0.3 is 14.3 Å². The number of aromatic nitrogens is 2. The second-order valence-corrected chi connectivity index (χ2v) is 6.75. The summed E-state index contributed by atoms with van der Waals surface area (Å²) < 4.78 is 21.6. The summed E-state index contributed by atoms with van der Waals surface area (Å²) in [5.74, 6) is -0.104. The Kier molecular flexibility index (Phi) is 3.12. The molecule has 0 amide bonds. The van der Waals surface area contributed by atoms with Gasteiger partial charge in [-0.25, -0.2) is 4.39 Å². The van der Waals surface area contributed by atoms with Gasteiger partial charge in [0, 0.05) is 18.2 Å². The van der Waals surface area contributed by atoms with Crippen LogP contribution in [0.1, 0.15) is 39.2 Å². The van der Waals surface area contributed by atoms with Gasteiger partial charge >= 0.3 is 0 Å². The minimum absolute atomic E-state index is 0.262.